The van der Waals surface area contributed by atoms with Gasteiger partial charge in [-0.15, -0.1) is 0 Å². The maximum atomic E-state index is 11.0. The average molecular weight is 235 g/mol. The van der Waals surface area contributed by atoms with Crippen molar-refractivity contribution in [2.45, 2.75) is 13.3 Å². The van der Waals surface area contributed by atoms with E-state index in [4.69, 9.17) is 9.84 Å². The number of esters is 1. The molecular weight excluding hydrogens is 222 g/mol. The van der Waals surface area contributed by atoms with Crippen molar-refractivity contribution >= 4 is 18.0 Å². The second-order valence-corrected chi connectivity index (χ2v) is 3.19. The first-order chi connectivity index (χ1) is 8.13. The molecule has 5 nitrogen and oxygen atoms in total. The van der Waals surface area contributed by atoms with Crippen molar-refractivity contribution in [1.82, 2.24) is 4.98 Å². The quantitative estimate of drug-likeness (QED) is 0.787. The first-order valence-electron chi connectivity index (χ1n) is 5.15. The third-order valence-corrected chi connectivity index (χ3v) is 1.90. The van der Waals surface area contributed by atoms with Crippen LogP contribution < -0.4 is 0 Å². The summed E-state index contributed by atoms with van der Waals surface area (Å²) in [5.41, 5.74) is 0.657. The number of hydrogen-bond donors (Lipinski definition) is 1. The molecule has 1 heterocycles. The largest absolute Gasteiger partial charge is 0.477 e. The Hall–Kier alpha value is -2.17. The molecule has 0 aliphatic rings. The normalized spacial score (nSPS) is 10.4. The molecule has 0 fully saturated rings. The molecule has 0 atom stereocenters. The first kappa shape index (κ1) is 12.9. The van der Waals surface area contributed by atoms with E-state index < -0.39 is 5.97 Å². The summed E-state index contributed by atoms with van der Waals surface area (Å²) in [7, 11) is 0. The predicted octanol–water partition coefficient (Wildman–Crippen LogP) is 1.75. The van der Waals surface area contributed by atoms with E-state index in [1.54, 1.807) is 25.1 Å². The van der Waals surface area contributed by atoms with Gasteiger partial charge in [0.2, 0.25) is 0 Å². The highest BCUT2D eigenvalue weighted by molar-refractivity contribution is 5.86. The molecule has 90 valence electrons. The Labute approximate surface area is 98.7 Å². The lowest BCUT2D eigenvalue weighted by atomic mass is 10.2. The SMILES string of the molecule is CCOC(=O)CC=Cc1ccnc(C(=O)O)c1. The van der Waals surface area contributed by atoms with Crippen LogP contribution in [-0.4, -0.2) is 28.6 Å². The minimum atomic E-state index is -1.08. The van der Waals surface area contributed by atoms with E-state index in [-0.39, 0.29) is 18.1 Å². The molecule has 1 N–H and O–H groups in total. The van der Waals surface area contributed by atoms with Crippen LogP contribution in [0.4, 0.5) is 0 Å². The van der Waals surface area contributed by atoms with Gasteiger partial charge in [-0.3, -0.25) is 4.79 Å². The third kappa shape index (κ3) is 4.46. The summed E-state index contributed by atoms with van der Waals surface area (Å²) in [4.78, 5) is 25.4. The fourth-order valence-corrected chi connectivity index (χ4v) is 1.18. The molecule has 1 rings (SSSR count). The average Bonchev–Trinajstić information content (AvgIpc) is 2.30. The van der Waals surface area contributed by atoms with E-state index in [1.807, 2.05) is 0 Å². The van der Waals surface area contributed by atoms with Crippen LogP contribution in [0.5, 0.6) is 0 Å². The molecular formula is C12H13NO4. The van der Waals surface area contributed by atoms with E-state index in [9.17, 15) is 9.59 Å². The van der Waals surface area contributed by atoms with Gasteiger partial charge in [-0.25, -0.2) is 9.78 Å². The summed E-state index contributed by atoms with van der Waals surface area (Å²) >= 11 is 0. The number of aromatic carboxylic acids is 1. The van der Waals surface area contributed by atoms with E-state index in [2.05, 4.69) is 4.98 Å². The Bertz CT molecular complexity index is 440. The van der Waals surface area contributed by atoms with Crippen molar-refractivity contribution in [2.75, 3.05) is 6.61 Å². The van der Waals surface area contributed by atoms with Gasteiger partial charge >= 0.3 is 11.9 Å². The number of pyridine rings is 1. The summed E-state index contributed by atoms with van der Waals surface area (Å²) in [6, 6.07) is 3.10. The van der Waals surface area contributed by atoms with Gasteiger partial charge in [0.1, 0.15) is 5.69 Å². The van der Waals surface area contributed by atoms with Gasteiger partial charge in [-0.1, -0.05) is 12.2 Å². The van der Waals surface area contributed by atoms with Gasteiger partial charge in [0, 0.05) is 6.20 Å². The van der Waals surface area contributed by atoms with Crippen LogP contribution in [0.15, 0.2) is 24.4 Å². The molecule has 1 aromatic rings. The zero-order valence-corrected chi connectivity index (χ0v) is 9.42. The van der Waals surface area contributed by atoms with Gasteiger partial charge < -0.3 is 9.84 Å². The monoisotopic (exact) mass is 235 g/mol. The summed E-state index contributed by atoms with van der Waals surface area (Å²) in [6.07, 6.45) is 4.86. The number of carbonyl (C=O) groups is 2. The highest BCUT2D eigenvalue weighted by Gasteiger charge is 2.03. The van der Waals surface area contributed by atoms with Gasteiger partial charge in [0.05, 0.1) is 13.0 Å². The van der Waals surface area contributed by atoms with Crippen molar-refractivity contribution in [2.24, 2.45) is 0 Å². The van der Waals surface area contributed by atoms with Crippen molar-refractivity contribution in [3.8, 4) is 0 Å². The summed E-state index contributed by atoms with van der Waals surface area (Å²) in [6.45, 7) is 2.09. The van der Waals surface area contributed by atoms with Gasteiger partial charge in [0.15, 0.2) is 0 Å². The number of aromatic nitrogens is 1. The maximum absolute atomic E-state index is 11.0. The van der Waals surface area contributed by atoms with Crippen LogP contribution in [0.3, 0.4) is 0 Å². The fraction of sp³-hybridized carbons (Fsp3) is 0.250. The van der Waals surface area contributed by atoms with Crippen molar-refractivity contribution in [1.29, 1.82) is 0 Å². The van der Waals surface area contributed by atoms with Gasteiger partial charge in [0.25, 0.3) is 0 Å². The lowest BCUT2D eigenvalue weighted by Crippen LogP contribution is -2.01. The first-order valence-corrected chi connectivity index (χ1v) is 5.15. The number of hydrogen-bond acceptors (Lipinski definition) is 4. The summed E-state index contributed by atoms with van der Waals surface area (Å²) < 4.78 is 4.75. The second-order valence-electron chi connectivity index (χ2n) is 3.19. The van der Waals surface area contributed by atoms with Crippen molar-refractivity contribution in [3.05, 3.63) is 35.7 Å². The lowest BCUT2D eigenvalue weighted by Gasteiger charge is -1.97. The third-order valence-electron chi connectivity index (χ3n) is 1.90. The highest BCUT2D eigenvalue weighted by atomic mass is 16.5. The van der Waals surface area contributed by atoms with Crippen LogP contribution in [0.1, 0.15) is 29.4 Å². The van der Waals surface area contributed by atoms with Crippen molar-refractivity contribution < 1.29 is 19.4 Å². The highest BCUT2D eigenvalue weighted by Crippen LogP contribution is 2.05. The molecule has 0 bridgehead atoms. The predicted molar refractivity (Wildman–Crippen MR) is 61.5 cm³/mol. The van der Waals surface area contributed by atoms with Crippen LogP contribution in [0.2, 0.25) is 0 Å². The number of carboxylic acid groups (broad SMARTS) is 1. The Morgan fingerprint density at radius 2 is 2.29 bits per heavy atom. The molecule has 0 aliphatic heterocycles. The number of carboxylic acids is 1. The van der Waals surface area contributed by atoms with E-state index in [0.717, 1.165) is 0 Å². The molecule has 0 spiro atoms. The molecule has 0 aromatic carbocycles. The summed E-state index contributed by atoms with van der Waals surface area (Å²) in [5, 5.41) is 8.73. The lowest BCUT2D eigenvalue weighted by molar-refractivity contribution is -0.142. The molecule has 17 heavy (non-hydrogen) atoms. The minimum absolute atomic E-state index is 0.0247. The van der Waals surface area contributed by atoms with Crippen LogP contribution in [0.25, 0.3) is 6.08 Å². The smallest absolute Gasteiger partial charge is 0.354 e. The van der Waals surface area contributed by atoms with E-state index in [0.29, 0.717) is 12.2 Å². The zero-order valence-electron chi connectivity index (χ0n) is 9.42. The van der Waals surface area contributed by atoms with Crippen molar-refractivity contribution in [3.63, 3.8) is 0 Å². The molecule has 0 aliphatic carbocycles. The molecule has 0 unspecified atom stereocenters. The van der Waals surface area contributed by atoms with Gasteiger partial charge in [-0.05, 0) is 24.6 Å². The van der Waals surface area contributed by atoms with Crippen LogP contribution in [-0.2, 0) is 9.53 Å². The Morgan fingerprint density at radius 3 is 2.94 bits per heavy atom. The minimum Gasteiger partial charge on any atom is -0.477 e. The Morgan fingerprint density at radius 1 is 1.53 bits per heavy atom. The molecule has 0 amide bonds. The Kier molecular flexibility index (Phi) is 4.87. The number of rotatable bonds is 5. The van der Waals surface area contributed by atoms with Crippen LogP contribution >= 0.6 is 0 Å². The zero-order chi connectivity index (χ0) is 12.7. The van der Waals surface area contributed by atoms with E-state index in [1.165, 1.54) is 12.3 Å². The van der Waals surface area contributed by atoms with E-state index >= 15 is 0 Å². The molecule has 0 saturated heterocycles. The topological polar surface area (TPSA) is 76.5 Å². The molecule has 5 heteroatoms. The molecule has 0 radical (unpaired) electrons. The number of carbonyl (C=O) groups excluding carboxylic acids is 1. The molecule has 0 saturated carbocycles. The maximum Gasteiger partial charge on any atom is 0.354 e. The fourth-order valence-electron chi connectivity index (χ4n) is 1.18. The number of nitrogens with zero attached hydrogens (tertiary/aromatic N) is 1. The standard InChI is InChI=1S/C12H13NO4/c1-2-17-11(14)5-3-4-9-6-7-13-10(8-9)12(15)16/h3-4,6-8H,2,5H2,1H3,(H,15,16). The molecule has 1 aromatic heterocycles. The summed E-state index contributed by atoms with van der Waals surface area (Å²) in [5.74, 6) is -1.39. The second kappa shape index (κ2) is 6.42. The van der Waals surface area contributed by atoms with Crippen LogP contribution in [0, 0.1) is 0 Å². The Balaban J connectivity index is 2.62. The van der Waals surface area contributed by atoms with Gasteiger partial charge in [-0.2, -0.15) is 0 Å². The number of ether oxygens (including phenoxy) is 1.